The highest BCUT2D eigenvalue weighted by atomic mass is 16.2. The Hall–Kier alpha value is -3.68. The SMILES string of the molecule is C=C(C)C(=O)Nc1cnc2[nH]cc(-c3cccc(N4C[C@@H](C)N(C(C)=O)[C@@H](C)C4)n3)c2c1. The van der Waals surface area contributed by atoms with E-state index in [0.29, 0.717) is 11.3 Å². The van der Waals surface area contributed by atoms with Crippen LogP contribution < -0.4 is 10.2 Å². The molecular weight excluding hydrogens is 404 g/mol. The Kier molecular flexibility index (Phi) is 5.69. The van der Waals surface area contributed by atoms with Gasteiger partial charge in [-0.25, -0.2) is 9.97 Å². The maximum atomic E-state index is 12.0. The molecule has 32 heavy (non-hydrogen) atoms. The molecule has 8 heteroatoms. The number of carbonyl (C=O) groups excluding carboxylic acids is 2. The number of aromatic amines is 1. The molecule has 1 fully saturated rings. The molecule has 4 heterocycles. The number of pyridine rings is 2. The minimum absolute atomic E-state index is 0.104. The smallest absolute Gasteiger partial charge is 0.250 e. The highest BCUT2D eigenvalue weighted by molar-refractivity contribution is 6.04. The highest BCUT2D eigenvalue weighted by Gasteiger charge is 2.31. The minimum Gasteiger partial charge on any atom is -0.352 e. The largest absolute Gasteiger partial charge is 0.352 e. The lowest BCUT2D eigenvalue weighted by molar-refractivity contribution is -0.133. The lowest BCUT2D eigenvalue weighted by atomic mass is 10.1. The number of piperazine rings is 1. The molecule has 1 saturated heterocycles. The molecule has 0 aliphatic carbocycles. The summed E-state index contributed by atoms with van der Waals surface area (Å²) in [7, 11) is 0. The summed E-state index contributed by atoms with van der Waals surface area (Å²) in [6, 6.07) is 8.06. The Morgan fingerprint density at radius 3 is 2.56 bits per heavy atom. The second-order valence-corrected chi connectivity index (χ2v) is 8.47. The van der Waals surface area contributed by atoms with E-state index in [1.54, 1.807) is 20.0 Å². The van der Waals surface area contributed by atoms with E-state index in [1.165, 1.54) is 0 Å². The quantitative estimate of drug-likeness (QED) is 0.615. The van der Waals surface area contributed by atoms with Crippen LogP contribution in [0.15, 0.2) is 48.8 Å². The van der Waals surface area contributed by atoms with Crippen molar-refractivity contribution < 1.29 is 9.59 Å². The van der Waals surface area contributed by atoms with Gasteiger partial charge in [0.15, 0.2) is 0 Å². The molecule has 3 aromatic rings. The summed E-state index contributed by atoms with van der Waals surface area (Å²) in [6.45, 7) is 12.6. The lowest BCUT2D eigenvalue weighted by Crippen LogP contribution is -2.58. The van der Waals surface area contributed by atoms with Gasteiger partial charge in [0.1, 0.15) is 11.5 Å². The van der Waals surface area contributed by atoms with Gasteiger partial charge < -0.3 is 20.1 Å². The van der Waals surface area contributed by atoms with Gasteiger partial charge in [-0.1, -0.05) is 12.6 Å². The van der Waals surface area contributed by atoms with Crippen LogP contribution in [0.4, 0.5) is 11.5 Å². The average Bonchev–Trinajstić information content (AvgIpc) is 3.16. The van der Waals surface area contributed by atoms with Crippen LogP contribution in [-0.2, 0) is 9.59 Å². The zero-order valence-corrected chi connectivity index (χ0v) is 18.8. The molecule has 166 valence electrons. The molecule has 2 N–H and O–H groups in total. The maximum absolute atomic E-state index is 12.0. The molecule has 4 rings (SSSR count). The van der Waals surface area contributed by atoms with Gasteiger partial charge in [-0.3, -0.25) is 9.59 Å². The summed E-state index contributed by atoms with van der Waals surface area (Å²) in [5.74, 6) is 0.738. The van der Waals surface area contributed by atoms with Crippen molar-refractivity contribution in [2.45, 2.75) is 39.8 Å². The molecule has 3 aromatic heterocycles. The van der Waals surface area contributed by atoms with E-state index in [2.05, 4.69) is 40.6 Å². The molecule has 2 atom stereocenters. The highest BCUT2D eigenvalue weighted by Crippen LogP contribution is 2.30. The third kappa shape index (κ3) is 4.08. The number of rotatable bonds is 4. The fourth-order valence-electron chi connectivity index (χ4n) is 4.40. The molecule has 0 aromatic carbocycles. The number of amides is 2. The predicted molar refractivity (Wildman–Crippen MR) is 126 cm³/mol. The second-order valence-electron chi connectivity index (χ2n) is 8.47. The summed E-state index contributed by atoms with van der Waals surface area (Å²) < 4.78 is 0. The molecule has 0 radical (unpaired) electrons. The number of nitrogens with one attached hydrogen (secondary N) is 2. The molecule has 0 unspecified atom stereocenters. The number of nitrogens with zero attached hydrogens (tertiary/aromatic N) is 4. The second kappa shape index (κ2) is 8.45. The molecule has 1 aliphatic rings. The van der Waals surface area contributed by atoms with Crippen molar-refractivity contribution in [2.75, 3.05) is 23.3 Å². The molecule has 0 spiro atoms. The van der Waals surface area contributed by atoms with Gasteiger partial charge in [0.2, 0.25) is 5.91 Å². The summed E-state index contributed by atoms with van der Waals surface area (Å²) in [5, 5.41) is 3.68. The van der Waals surface area contributed by atoms with E-state index in [1.807, 2.05) is 35.4 Å². The number of carbonyl (C=O) groups is 2. The summed E-state index contributed by atoms with van der Waals surface area (Å²) in [4.78, 5) is 40.7. The van der Waals surface area contributed by atoms with E-state index >= 15 is 0 Å². The Morgan fingerprint density at radius 2 is 1.91 bits per heavy atom. The Balaban J connectivity index is 1.64. The van der Waals surface area contributed by atoms with Crippen molar-refractivity contribution in [1.29, 1.82) is 0 Å². The fraction of sp³-hybridized carbons (Fsp3) is 0.333. The van der Waals surface area contributed by atoms with Gasteiger partial charge in [-0.2, -0.15) is 0 Å². The summed E-state index contributed by atoms with van der Waals surface area (Å²) in [6.07, 6.45) is 3.50. The Morgan fingerprint density at radius 1 is 1.19 bits per heavy atom. The topological polar surface area (TPSA) is 94.2 Å². The number of hydrogen-bond acceptors (Lipinski definition) is 5. The first-order valence-corrected chi connectivity index (χ1v) is 10.7. The molecule has 2 amide bonds. The average molecular weight is 433 g/mol. The van der Waals surface area contributed by atoms with Crippen molar-refractivity contribution in [2.24, 2.45) is 0 Å². The molecule has 1 aliphatic heterocycles. The first-order valence-electron chi connectivity index (χ1n) is 10.7. The van der Waals surface area contributed by atoms with Crippen LogP contribution in [0, 0.1) is 0 Å². The number of fused-ring (bicyclic) bond motifs is 1. The van der Waals surface area contributed by atoms with Crippen LogP contribution in [0.2, 0.25) is 0 Å². The third-order valence-corrected chi connectivity index (χ3v) is 5.79. The van der Waals surface area contributed by atoms with Crippen molar-refractivity contribution in [1.82, 2.24) is 19.9 Å². The van der Waals surface area contributed by atoms with Gasteiger partial charge in [-0.15, -0.1) is 0 Å². The van der Waals surface area contributed by atoms with Crippen LogP contribution in [0.5, 0.6) is 0 Å². The first-order chi connectivity index (χ1) is 15.2. The maximum Gasteiger partial charge on any atom is 0.250 e. The van der Waals surface area contributed by atoms with Crippen LogP contribution in [0.3, 0.4) is 0 Å². The number of H-pyrrole nitrogens is 1. The van der Waals surface area contributed by atoms with Crippen molar-refractivity contribution in [3.8, 4) is 11.3 Å². The van der Waals surface area contributed by atoms with Crippen LogP contribution in [0.25, 0.3) is 22.3 Å². The van der Waals surface area contributed by atoms with Crippen LogP contribution in [-0.4, -0.2) is 56.8 Å². The molecule has 0 bridgehead atoms. The predicted octanol–water partition coefficient (Wildman–Crippen LogP) is 3.59. The van der Waals surface area contributed by atoms with Crippen LogP contribution >= 0.6 is 0 Å². The minimum atomic E-state index is -0.240. The Bertz CT molecular complexity index is 1190. The number of aromatic nitrogens is 3. The van der Waals surface area contributed by atoms with Crippen LogP contribution in [0.1, 0.15) is 27.7 Å². The van der Waals surface area contributed by atoms with E-state index in [0.717, 1.165) is 41.2 Å². The standard InChI is InChI=1S/C24H28N6O2/c1-14(2)24(32)27-18-9-19-20(11-26-23(19)25-10-18)21-7-6-8-22(28-21)29-12-15(3)30(17(5)31)16(4)13-29/h6-11,15-16H,1,12-13H2,2-5H3,(H,25,26)(H,27,32)/t15-,16+. The first kappa shape index (κ1) is 21.5. The molecule has 0 saturated carbocycles. The zero-order chi connectivity index (χ0) is 23.0. The van der Waals surface area contributed by atoms with Gasteiger partial charge in [-0.05, 0) is 39.0 Å². The van der Waals surface area contributed by atoms with Gasteiger partial charge in [0.05, 0.1) is 17.6 Å². The molecular formula is C24H28N6O2. The van der Waals surface area contributed by atoms with E-state index < -0.39 is 0 Å². The number of hydrogen-bond donors (Lipinski definition) is 2. The monoisotopic (exact) mass is 432 g/mol. The zero-order valence-electron chi connectivity index (χ0n) is 18.8. The van der Waals surface area contributed by atoms with Crippen molar-refractivity contribution in [3.63, 3.8) is 0 Å². The third-order valence-electron chi connectivity index (χ3n) is 5.79. The normalized spacial score (nSPS) is 18.6. The Labute approximate surface area is 187 Å². The number of anilines is 2. The van der Waals surface area contributed by atoms with Crippen molar-refractivity contribution >= 4 is 34.4 Å². The van der Waals surface area contributed by atoms with E-state index in [4.69, 9.17) is 4.98 Å². The van der Waals surface area contributed by atoms with Crippen molar-refractivity contribution in [3.05, 3.63) is 48.8 Å². The lowest BCUT2D eigenvalue weighted by Gasteiger charge is -2.44. The fourth-order valence-corrected chi connectivity index (χ4v) is 4.40. The van der Waals surface area contributed by atoms with E-state index in [9.17, 15) is 9.59 Å². The van der Waals surface area contributed by atoms with Gasteiger partial charge in [0.25, 0.3) is 5.91 Å². The van der Waals surface area contributed by atoms with E-state index in [-0.39, 0.29) is 23.9 Å². The summed E-state index contributed by atoms with van der Waals surface area (Å²) >= 11 is 0. The van der Waals surface area contributed by atoms with Gasteiger partial charge >= 0.3 is 0 Å². The van der Waals surface area contributed by atoms with Gasteiger partial charge in [0, 0.05) is 54.8 Å². The summed E-state index contributed by atoms with van der Waals surface area (Å²) in [5.41, 5.74) is 3.47. The molecule has 8 nitrogen and oxygen atoms in total.